The number of hydrogen-bond acceptors (Lipinski definition) is 5. The van der Waals surface area contributed by atoms with Crippen molar-refractivity contribution in [2.45, 2.75) is 58.2 Å². The van der Waals surface area contributed by atoms with Gasteiger partial charge in [-0.05, 0) is 39.5 Å². The van der Waals surface area contributed by atoms with Crippen LogP contribution in [0.2, 0.25) is 0 Å². The van der Waals surface area contributed by atoms with Crippen molar-refractivity contribution in [3.05, 3.63) is 33.4 Å². The van der Waals surface area contributed by atoms with Gasteiger partial charge < -0.3 is 9.64 Å². The van der Waals surface area contributed by atoms with Crippen LogP contribution in [0, 0.1) is 0 Å². The van der Waals surface area contributed by atoms with Crippen LogP contribution in [0.5, 0.6) is 0 Å². The van der Waals surface area contributed by atoms with Crippen LogP contribution in [0.1, 0.15) is 56.1 Å². The number of nitrogens with zero attached hydrogens (tertiary/aromatic N) is 4. The summed E-state index contributed by atoms with van der Waals surface area (Å²) in [6.45, 7) is 6.71. The Morgan fingerprint density at radius 3 is 2.93 bits per heavy atom. The van der Waals surface area contributed by atoms with Gasteiger partial charge in [0.1, 0.15) is 6.61 Å². The van der Waals surface area contributed by atoms with E-state index in [1.165, 1.54) is 7.11 Å². The highest BCUT2D eigenvalue weighted by atomic mass is 16.5. The summed E-state index contributed by atoms with van der Waals surface area (Å²) in [6, 6.07) is 2.29. The van der Waals surface area contributed by atoms with Gasteiger partial charge >= 0.3 is 0 Å². The highest BCUT2D eigenvalue weighted by Crippen LogP contribution is 2.30. The molecule has 8 nitrogen and oxygen atoms in total. The third-order valence-corrected chi connectivity index (χ3v) is 6.00. The van der Waals surface area contributed by atoms with E-state index in [1.807, 2.05) is 11.0 Å². The molecule has 4 heterocycles. The van der Waals surface area contributed by atoms with Crippen LogP contribution in [-0.2, 0) is 22.5 Å². The molecular formula is C20H29N5O3. The van der Waals surface area contributed by atoms with Crippen LogP contribution in [-0.4, -0.2) is 63.2 Å². The summed E-state index contributed by atoms with van der Waals surface area (Å²) in [4.78, 5) is 34.5. The molecule has 0 radical (unpaired) electrons. The first kappa shape index (κ1) is 19.1. The first-order valence-electron chi connectivity index (χ1n) is 10.2. The van der Waals surface area contributed by atoms with E-state index in [0.717, 1.165) is 49.2 Å². The number of carbonyl (C=O) groups excluding carboxylic acids is 1. The molecule has 1 fully saturated rings. The number of aromatic amines is 1. The van der Waals surface area contributed by atoms with Gasteiger partial charge in [-0.15, -0.1) is 0 Å². The zero-order chi connectivity index (χ0) is 19.8. The Morgan fingerprint density at radius 2 is 2.18 bits per heavy atom. The maximum absolute atomic E-state index is 13.0. The molecule has 1 saturated heterocycles. The van der Waals surface area contributed by atoms with Crippen molar-refractivity contribution in [3.63, 3.8) is 0 Å². The number of rotatable bonds is 4. The molecule has 0 spiro atoms. The lowest BCUT2D eigenvalue weighted by Crippen LogP contribution is -2.40. The topological polar surface area (TPSA) is 82.9 Å². The molecule has 0 aliphatic carbocycles. The fraction of sp³-hybridized carbons (Fsp3) is 0.650. The summed E-state index contributed by atoms with van der Waals surface area (Å²) >= 11 is 0. The molecule has 2 aromatic heterocycles. The highest BCUT2D eigenvalue weighted by molar-refractivity contribution is 5.78. The van der Waals surface area contributed by atoms with Gasteiger partial charge in [0.25, 0.3) is 5.56 Å². The number of nitrogens with one attached hydrogen (secondary N) is 1. The number of aromatic nitrogens is 3. The van der Waals surface area contributed by atoms with Crippen LogP contribution in [0.25, 0.3) is 5.65 Å². The summed E-state index contributed by atoms with van der Waals surface area (Å²) in [6.07, 6.45) is 3.64. The standard InChI is InChI=1S/C20H29N5O3/c1-13(2)23-9-7-14-16(11-23)21-18-10-15(22-25(18)20(14)27)17-6-4-5-8-24(17)19(26)12-28-3/h10,13,17,22H,4-9,11-12H2,1-3H3/t17-/m0/s1. The van der Waals surface area contributed by atoms with Gasteiger partial charge in [-0.2, -0.15) is 0 Å². The lowest BCUT2D eigenvalue weighted by molar-refractivity contribution is -0.139. The molecule has 4 rings (SSSR count). The molecule has 2 aromatic rings. The molecule has 2 aliphatic rings. The lowest BCUT2D eigenvalue weighted by Gasteiger charge is -2.35. The fourth-order valence-corrected chi connectivity index (χ4v) is 4.40. The van der Waals surface area contributed by atoms with E-state index in [-0.39, 0.29) is 24.1 Å². The summed E-state index contributed by atoms with van der Waals surface area (Å²) in [5, 5.41) is 3.24. The van der Waals surface area contributed by atoms with Gasteiger partial charge in [0, 0.05) is 44.4 Å². The SMILES string of the molecule is COCC(=O)N1CCCC[C@H]1c1cc2nc3c(c(=O)n2[nH]1)CCN(C(C)C)C3. The second-order valence-electron chi connectivity index (χ2n) is 8.09. The van der Waals surface area contributed by atoms with Gasteiger partial charge in [0.15, 0.2) is 5.65 Å². The molecule has 1 amide bonds. The minimum absolute atomic E-state index is 0.0137. The van der Waals surface area contributed by atoms with Crippen molar-refractivity contribution in [1.82, 2.24) is 24.4 Å². The third kappa shape index (κ3) is 3.35. The summed E-state index contributed by atoms with van der Waals surface area (Å²) in [5.74, 6) is -0.0157. The van der Waals surface area contributed by atoms with E-state index in [0.29, 0.717) is 24.8 Å². The quantitative estimate of drug-likeness (QED) is 0.859. The second-order valence-corrected chi connectivity index (χ2v) is 8.09. The van der Waals surface area contributed by atoms with Gasteiger partial charge in [0.2, 0.25) is 5.91 Å². The second kappa shape index (κ2) is 7.67. The van der Waals surface area contributed by atoms with Crippen LogP contribution in [0.15, 0.2) is 10.9 Å². The van der Waals surface area contributed by atoms with Crippen molar-refractivity contribution in [1.29, 1.82) is 0 Å². The van der Waals surface area contributed by atoms with Gasteiger partial charge in [-0.3, -0.25) is 19.6 Å². The Balaban J connectivity index is 1.71. The maximum Gasteiger partial charge on any atom is 0.276 e. The van der Waals surface area contributed by atoms with Crippen molar-refractivity contribution in [2.24, 2.45) is 0 Å². The maximum atomic E-state index is 13.0. The molecule has 8 heteroatoms. The van der Waals surface area contributed by atoms with Crippen molar-refractivity contribution < 1.29 is 9.53 Å². The first-order valence-corrected chi connectivity index (χ1v) is 10.2. The van der Waals surface area contributed by atoms with E-state index in [4.69, 9.17) is 9.72 Å². The number of amides is 1. The Kier molecular flexibility index (Phi) is 5.25. The first-order chi connectivity index (χ1) is 13.5. The van der Waals surface area contributed by atoms with E-state index in [9.17, 15) is 9.59 Å². The average molecular weight is 387 g/mol. The van der Waals surface area contributed by atoms with E-state index < -0.39 is 0 Å². The van der Waals surface area contributed by atoms with Crippen molar-refractivity contribution in [2.75, 3.05) is 26.8 Å². The Bertz CT molecular complexity index is 932. The monoisotopic (exact) mass is 387 g/mol. The molecule has 0 bridgehead atoms. The van der Waals surface area contributed by atoms with Crippen molar-refractivity contribution in [3.8, 4) is 0 Å². The predicted octanol–water partition coefficient (Wildman–Crippen LogP) is 1.49. The largest absolute Gasteiger partial charge is 0.375 e. The normalized spacial score (nSPS) is 20.7. The minimum atomic E-state index is -0.0679. The lowest BCUT2D eigenvalue weighted by atomic mass is 9.99. The van der Waals surface area contributed by atoms with E-state index in [2.05, 4.69) is 23.8 Å². The van der Waals surface area contributed by atoms with Gasteiger partial charge in [-0.25, -0.2) is 9.50 Å². The molecule has 28 heavy (non-hydrogen) atoms. The summed E-state index contributed by atoms with van der Waals surface area (Å²) in [7, 11) is 1.54. The predicted molar refractivity (Wildman–Crippen MR) is 105 cm³/mol. The number of fused-ring (bicyclic) bond motifs is 2. The number of H-pyrrole nitrogens is 1. The zero-order valence-electron chi connectivity index (χ0n) is 16.9. The molecule has 1 atom stereocenters. The summed E-state index contributed by atoms with van der Waals surface area (Å²) < 4.78 is 6.59. The van der Waals surface area contributed by atoms with Crippen LogP contribution < -0.4 is 5.56 Å². The highest BCUT2D eigenvalue weighted by Gasteiger charge is 2.30. The molecule has 0 saturated carbocycles. The number of ether oxygens (including phenoxy) is 1. The third-order valence-electron chi connectivity index (χ3n) is 6.00. The molecule has 1 N–H and O–H groups in total. The molecule has 2 aliphatic heterocycles. The van der Waals surface area contributed by atoms with Crippen molar-refractivity contribution >= 4 is 11.6 Å². The average Bonchev–Trinajstić information content (AvgIpc) is 3.12. The smallest absolute Gasteiger partial charge is 0.276 e. The molecule has 152 valence electrons. The zero-order valence-corrected chi connectivity index (χ0v) is 16.9. The van der Waals surface area contributed by atoms with Gasteiger partial charge in [0.05, 0.1) is 17.4 Å². The molecule has 0 aromatic carbocycles. The Hall–Kier alpha value is -2.19. The van der Waals surface area contributed by atoms with Crippen LogP contribution >= 0.6 is 0 Å². The molecular weight excluding hydrogens is 358 g/mol. The van der Waals surface area contributed by atoms with Crippen LogP contribution in [0.3, 0.4) is 0 Å². The molecule has 0 unspecified atom stereocenters. The van der Waals surface area contributed by atoms with Gasteiger partial charge in [-0.1, -0.05) is 0 Å². The minimum Gasteiger partial charge on any atom is -0.375 e. The van der Waals surface area contributed by atoms with E-state index >= 15 is 0 Å². The summed E-state index contributed by atoms with van der Waals surface area (Å²) in [5.41, 5.74) is 3.18. The fourth-order valence-electron chi connectivity index (χ4n) is 4.40. The number of hydrogen-bond donors (Lipinski definition) is 1. The van der Waals surface area contributed by atoms with Crippen LogP contribution in [0.4, 0.5) is 0 Å². The number of likely N-dealkylation sites (tertiary alicyclic amines) is 1. The number of methoxy groups -OCH3 is 1. The Morgan fingerprint density at radius 1 is 1.36 bits per heavy atom. The number of piperidine rings is 1. The Labute approximate surface area is 164 Å². The number of carbonyl (C=O) groups is 1. The van der Waals surface area contributed by atoms with E-state index in [1.54, 1.807) is 4.52 Å².